The SMILES string of the molecule is CCCCN1C(=O)C(=O)/C(=C(\O)c2ccc(OC)c(OC)c2)C1c1ccc(C)o1. The zero-order valence-electron chi connectivity index (χ0n) is 17.0. The Morgan fingerprint density at radius 2 is 1.86 bits per heavy atom. The van der Waals surface area contributed by atoms with Crippen LogP contribution in [0.4, 0.5) is 0 Å². The molecule has 2 aromatic rings. The van der Waals surface area contributed by atoms with Crippen molar-refractivity contribution in [3.05, 3.63) is 53.0 Å². The lowest BCUT2D eigenvalue weighted by molar-refractivity contribution is -0.140. The minimum absolute atomic E-state index is 0.00710. The van der Waals surface area contributed by atoms with E-state index in [1.165, 1.54) is 19.1 Å². The molecule has 1 N–H and O–H groups in total. The molecule has 3 rings (SSSR count). The van der Waals surface area contributed by atoms with Gasteiger partial charge >= 0.3 is 0 Å². The molecule has 1 saturated heterocycles. The second kappa shape index (κ2) is 8.43. The van der Waals surface area contributed by atoms with Gasteiger partial charge in [-0.3, -0.25) is 9.59 Å². The highest BCUT2D eigenvalue weighted by Gasteiger charge is 2.47. The lowest BCUT2D eigenvalue weighted by Crippen LogP contribution is -2.30. The minimum atomic E-state index is -0.775. The number of likely N-dealkylation sites (tertiary alicyclic amines) is 1. The quantitative estimate of drug-likeness (QED) is 0.432. The molecule has 1 aliphatic rings. The summed E-state index contributed by atoms with van der Waals surface area (Å²) in [5.41, 5.74) is 0.358. The number of carbonyl (C=O) groups excluding carboxylic acids is 2. The van der Waals surface area contributed by atoms with Gasteiger partial charge in [-0.05, 0) is 43.7 Å². The van der Waals surface area contributed by atoms with Gasteiger partial charge in [-0.15, -0.1) is 0 Å². The maximum absolute atomic E-state index is 12.9. The van der Waals surface area contributed by atoms with Crippen LogP contribution < -0.4 is 9.47 Å². The molecule has 1 amide bonds. The third kappa shape index (κ3) is 3.72. The van der Waals surface area contributed by atoms with E-state index in [0.717, 1.165) is 12.8 Å². The van der Waals surface area contributed by atoms with E-state index in [1.54, 1.807) is 37.3 Å². The molecule has 0 saturated carbocycles. The van der Waals surface area contributed by atoms with Gasteiger partial charge in [0.15, 0.2) is 11.5 Å². The lowest BCUT2D eigenvalue weighted by Gasteiger charge is -2.23. The molecule has 1 aliphatic heterocycles. The van der Waals surface area contributed by atoms with E-state index in [1.807, 2.05) is 6.92 Å². The molecule has 1 atom stereocenters. The van der Waals surface area contributed by atoms with E-state index in [9.17, 15) is 14.7 Å². The number of hydrogen-bond donors (Lipinski definition) is 1. The van der Waals surface area contributed by atoms with Gasteiger partial charge in [0.25, 0.3) is 11.7 Å². The van der Waals surface area contributed by atoms with Gasteiger partial charge in [0.05, 0.1) is 19.8 Å². The predicted octanol–water partition coefficient (Wildman–Crippen LogP) is 3.83. The number of aryl methyl sites for hydroxylation is 1. The van der Waals surface area contributed by atoms with Crippen LogP contribution in [0, 0.1) is 6.92 Å². The first kappa shape index (κ1) is 20.5. The van der Waals surface area contributed by atoms with Gasteiger partial charge in [-0.25, -0.2) is 0 Å². The Bertz CT molecular complexity index is 958. The molecule has 1 aromatic carbocycles. The molecule has 29 heavy (non-hydrogen) atoms. The Morgan fingerprint density at radius 1 is 1.14 bits per heavy atom. The highest BCUT2D eigenvalue weighted by atomic mass is 16.5. The van der Waals surface area contributed by atoms with Crippen molar-refractivity contribution in [2.45, 2.75) is 32.7 Å². The molecule has 0 radical (unpaired) electrons. The van der Waals surface area contributed by atoms with Crippen molar-refractivity contribution in [1.82, 2.24) is 4.90 Å². The number of aliphatic hydroxyl groups is 1. The van der Waals surface area contributed by atoms with Crippen LogP contribution in [0.25, 0.3) is 5.76 Å². The molecular formula is C22H25NO6. The molecule has 1 aromatic heterocycles. The first-order valence-corrected chi connectivity index (χ1v) is 9.50. The average molecular weight is 399 g/mol. The van der Waals surface area contributed by atoms with Crippen molar-refractivity contribution in [2.24, 2.45) is 0 Å². The van der Waals surface area contributed by atoms with E-state index in [4.69, 9.17) is 13.9 Å². The number of Topliss-reactive ketones (excluding diaryl/α,β-unsaturated/α-hetero) is 1. The number of amides is 1. The van der Waals surface area contributed by atoms with Gasteiger partial charge in [0, 0.05) is 12.1 Å². The van der Waals surface area contributed by atoms with Crippen molar-refractivity contribution in [2.75, 3.05) is 20.8 Å². The second-order valence-electron chi connectivity index (χ2n) is 6.86. The smallest absolute Gasteiger partial charge is 0.295 e. The summed E-state index contributed by atoms with van der Waals surface area (Å²) in [4.78, 5) is 27.0. The number of furan rings is 1. The van der Waals surface area contributed by atoms with E-state index in [-0.39, 0.29) is 11.3 Å². The van der Waals surface area contributed by atoms with E-state index in [2.05, 4.69) is 0 Å². The zero-order chi connectivity index (χ0) is 21.1. The molecule has 7 heteroatoms. The standard InChI is InChI=1S/C22H25NO6/c1-5-6-11-23-19(16-9-7-13(2)29-16)18(21(25)22(23)26)20(24)14-8-10-15(27-3)17(12-14)28-4/h7-10,12,19,24H,5-6,11H2,1-4H3/b20-18-. The van der Waals surface area contributed by atoms with Crippen LogP contribution in [0.15, 0.2) is 40.3 Å². The number of carbonyl (C=O) groups is 2. The number of ether oxygens (including phenoxy) is 2. The summed E-state index contributed by atoms with van der Waals surface area (Å²) < 4.78 is 16.2. The van der Waals surface area contributed by atoms with Gasteiger partial charge in [0.2, 0.25) is 0 Å². The monoisotopic (exact) mass is 399 g/mol. The van der Waals surface area contributed by atoms with E-state index < -0.39 is 17.7 Å². The summed E-state index contributed by atoms with van der Waals surface area (Å²) in [6, 6.07) is 7.53. The number of rotatable bonds is 7. The highest BCUT2D eigenvalue weighted by molar-refractivity contribution is 6.46. The predicted molar refractivity (Wildman–Crippen MR) is 107 cm³/mol. The Kier molecular flexibility index (Phi) is 5.96. The summed E-state index contributed by atoms with van der Waals surface area (Å²) in [6.07, 6.45) is 1.60. The van der Waals surface area contributed by atoms with Crippen molar-refractivity contribution >= 4 is 17.4 Å². The van der Waals surface area contributed by atoms with E-state index >= 15 is 0 Å². The average Bonchev–Trinajstić information content (AvgIpc) is 3.26. The third-order valence-electron chi connectivity index (χ3n) is 4.98. The van der Waals surface area contributed by atoms with Crippen LogP contribution in [-0.2, 0) is 9.59 Å². The first-order valence-electron chi connectivity index (χ1n) is 9.50. The first-order chi connectivity index (χ1) is 13.9. The van der Waals surface area contributed by atoms with Crippen molar-refractivity contribution in [1.29, 1.82) is 0 Å². The molecule has 0 bridgehead atoms. The van der Waals surface area contributed by atoms with Gasteiger partial charge < -0.3 is 23.9 Å². The lowest BCUT2D eigenvalue weighted by atomic mass is 9.99. The normalized spacial score (nSPS) is 18.3. The summed E-state index contributed by atoms with van der Waals surface area (Å²) in [5.74, 6) is 0.356. The molecule has 2 heterocycles. The molecule has 7 nitrogen and oxygen atoms in total. The Hall–Kier alpha value is -3.22. The number of unbranched alkanes of at least 4 members (excludes halogenated alkanes) is 1. The zero-order valence-corrected chi connectivity index (χ0v) is 17.0. The van der Waals surface area contributed by atoms with Crippen LogP contribution in [0.3, 0.4) is 0 Å². The summed E-state index contributed by atoms with van der Waals surface area (Å²) in [7, 11) is 2.99. The summed E-state index contributed by atoms with van der Waals surface area (Å²) in [5, 5.41) is 11.0. The van der Waals surface area contributed by atoms with Crippen LogP contribution >= 0.6 is 0 Å². The largest absolute Gasteiger partial charge is 0.507 e. The van der Waals surface area contributed by atoms with Gasteiger partial charge in [0.1, 0.15) is 23.3 Å². The van der Waals surface area contributed by atoms with Crippen LogP contribution in [0.2, 0.25) is 0 Å². The maximum Gasteiger partial charge on any atom is 0.295 e. The second-order valence-corrected chi connectivity index (χ2v) is 6.86. The van der Waals surface area contributed by atoms with Crippen LogP contribution in [0.5, 0.6) is 11.5 Å². The fraction of sp³-hybridized carbons (Fsp3) is 0.364. The summed E-state index contributed by atoms with van der Waals surface area (Å²) in [6.45, 7) is 4.19. The Labute approximate surface area is 169 Å². The molecule has 1 unspecified atom stereocenters. The number of ketones is 1. The van der Waals surface area contributed by atoms with E-state index in [0.29, 0.717) is 35.1 Å². The Morgan fingerprint density at radius 3 is 2.45 bits per heavy atom. The molecule has 0 spiro atoms. The van der Waals surface area contributed by atoms with Crippen molar-refractivity contribution in [3.63, 3.8) is 0 Å². The highest BCUT2D eigenvalue weighted by Crippen LogP contribution is 2.41. The molecule has 0 aliphatic carbocycles. The van der Waals surface area contributed by atoms with Gasteiger partial charge in [-0.1, -0.05) is 13.3 Å². The minimum Gasteiger partial charge on any atom is -0.507 e. The molecular weight excluding hydrogens is 374 g/mol. The molecule has 154 valence electrons. The number of methoxy groups -OCH3 is 2. The molecule has 1 fully saturated rings. The topological polar surface area (TPSA) is 89.2 Å². The Balaban J connectivity index is 2.15. The maximum atomic E-state index is 12.9. The number of nitrogens with zero attached hydrogens (tertiary/aromatic N) is 1. The number of aliphatic hydroxyl groups excluding tert-OH is 1. The fourth-order valence-electron chi connectivity index (χ4n) is 3.47. The van der Waals surface area contributed by atoms with Crippen LogP contribution in [0.1, 0.15) is 42.9 Å². The van der Waals surface area contributed by atoms with Crippen molar-refractivity contribution < 1.29 is 28.6 Å². The number of benzene rings is 1. The fourth-order valence-corrected chi connectivity index (χ4v) is 3.47. The third-order valence-corrected chi connectivity index (χ3v) is 4.98. The van der Waals surface area contributed by atoms with Gasteiger partial charge in [-0.2, -0.15) is 0 Å². The van der Waals surface area contributed by atoms with Crippen LogP contribution in [-0.4, -0.2) is 42.5 Å². The summed E-state index contributed by atoms with van der Waals surface area (Å²) >= 11 is 0. The van der Waals surface area contributed by atoms with Crippen molar-refractivity contribution in [3.8, 4) is 11.5 Å². The number of hydrogen-bond acceptors (Lipinski definition) is 6.